The monoisotopic (exact) mass is 348 g/mol. The van der Waals surface area contributed by atoms with Crippen molar-refractivity contribution in [1.29, 1.82) is 0 Å². The second kappa shape index (κ2) is 9.04. The fraction of sp³-hybridized carbons (Fsp3) is 0.176. The number of carbonyl (C=O) groups excluding carboxylic acids is 1. The molecule has 1 aromatic heterocycles. The number of amides is 1. The summed E-state index contributed by atoms with van der Waals surface area (Å²) in [6, 6.07) is 11.1. The second-order valence-electron chi connectivity index (χ2n) is 4.53. The van der Waals surface area contributed by atoms with Gasteiger partial charge >= 0.3 is 6.09 Å². The number of nitrogens with one attached hydrogen (secondary N) is 1. The Morgan fingerprint density at radius 1 is 1.26 bits per heavy atom. The molecule has 23 heavy (non-hydrogen) atoms. The third kappa shape index (κ3) is 6.19. The van der Waals surface area contributed by atoms with Crippen molar-refractivity contribution in [2.45, 2.75) is 13.0 Å². The van der Waals surface area contributed by atoms with Gasteiger partial charge in [0, 0.05) is 19.2 Å². The molecule has 0 spiro atoms. The van der Waals surface area contributed by atoms with Gasteiger partial charge in [0.25, 0.3) is 0 Å². The average molecular weight is 349 g/mol. The molecule has 0 fully saturated rings. The van der Waals surface area contributed by atoms with E-state index in [0.717, 1.165) is 5.56 Å². The van der Waals surface area contributed by atoms with Crippen molar-refractivity contribution < 1.29 is 9.53 Å². The zero-order valence-electron chi connectivity index (χ0n) is 12.2. The highest BCUT2D eigenvalue weighted by atomic mass is 35.5. The quantitative estimate of drug-likeness (QED) is 0.515. The molecule has 1 heterocycles. The summed E-state index contributed by atoms with van der Waals surface area (Å²) in [6.07, 6.45) is 1.45. The summed E-state index contributed by atoms with van der Waals surface area (Å²) < 4.78 is 5.08. The Bertz CT molecular complexity index is 724. The minimum Gasteiger partial charge on any atom is -0.445 e. The average Bonchev–Trinajstić information content (AvgIpc) is 2.56. The van der Waals surface area contributed by atoms with Crippen LogP contribution < -0.4 is 5.32 Å². The van der Waals surface area contributed by atoms with E-state index in [-0.39, 0.29) is 6.61 Å². The Morgan fingerprint density at radius 2 is 2.04 bits per heavy atom. The van der Waals surface area contributed by atoms with Gasteiger partial charge in [-0.15, -0.1) is 0 Å². The van der Waals surface area contributed by atoms with Gasteiger partial charge in [0.1, 0.15) is 11.8 Å². The van der Waals surface area contributed by atoms with Crippen molar-refractivity contribution in [3.8, 4) is 11.8 Å². The van der Waals surface area contributed by atoms with Gasteiger partial charge in [0.05, 0.1) is 10.6 Å². The lowest BCUT2D eigenvalue weighted by atomic mass is 10.2. The van der Waals surface area contributed by atoms with E-state index in [1.165, 1.54) is 6.20 Å². The van der Waals surface area contributed by atoms with Crippen molar-refractivity contribution in [2.24, 2.45) is 0 Å². The molecule has 6 heteroatoms. The largest absolute Gasteiger partial charge is 0.445 e. The van der Waals surface area contributed by atoms with Crippen molar-refractivity contribution in [2.75, 3.05) is 6.54 Å². The fourth-order valence-corrected chi connectivity index (χ4v) is 1.98. The molecule has 0 unspecified atom stereocenters. The summed E-state index contributed by atoms with van der Waals surface area (Å²) in [6.45, 7) is 0.619. The van der Waals surface area contributed by atoms with Gasteiger partial charge in [-0.2, -0.15) is 0 Å². The minimum atomic E-state index is -0.474. The van der Waals surface area contributed by atoms with Crippen molar-refractivity contribution in [1.82, 2.24) is 10.3 Å². The van der Waals surface area contributed by atoms with E-state index >= 15 is 0 Å². The van der Waals surface area contributed by atoms with Crippen LogP contribution in [-0.4, -0.2) is 17.6 Å². The van der Waals surface area contributed by atoms with Crippen LogP contribution in [0.3, 0.4) is 0 Å². The smallest absolute Gasteiger partial charge is 0.407 e. The number of benzene rings is 1. The minimum absolute atomic E-state index is 0.238. The van der Waals surface area contributed by atoms with Crippen molar-refractivity contribution >= 4 is 29.3 Å². The predicted octanol–water partition coefficient (Wildman–Crippen LogP) is 4.06. The van der Waals surface area contributed by atoms with Gasteiger partial charge in [-0.25, -0.2) is 9.78 Å². The first-order chi connectivity index (χ1) is 11.1. The molecule has 0 bridgehead atoms. The Balaban J connectivity index is 1.70. The predicted molar refractivity (Wildman–Crippen MR) is 90.4 cm³/mol. The van der Waals surface area contributed by atoms with Gasteiger partial charge in [-0.1, -0.05) is 65.4 Å². The summed E-state index contributed by atoms with van der Waals surface area (Å²) in [5, 5.41) is 3.40. The lowest BCUT2D eigenvalue weighted by Crippen LogP contribution is -2.24. The first-order valence-corrected chi connectivity index (χ1v) is 7.65. The molecule has 0 saturated heterocycles. The van der Waals surface area contributed by atoms with E-state index in [1.54, 1.807) is 6.07 Å². The highest BCUT2D eigenvalue weighted by Gasteiger charge is 2.01. The van der Waals surface area contributed by atoms with Gasteiger partial charge in [0.15, 0.2) is 0 Å². The van der Waals surface area contributed by atoms with Crippen LogP contribution >= 0.6 is 23.2 Å². The van der Waals surface area contributed by atoms with Crippen LogP contribution in [0.25, 0.3) is 0 Å². The van der Waals surface area contributed by atoms with E-state index in [9.17, 15) is 4.79 Å². The van der Waals surface area contributed by atoms with Gasteiger partial charge in [0.2, 0.25) is 0 Å². The van der Waals surface area contributed by atoms with Crippen molar-refractivity contribution in [3.05, 3.63) is 63.9 Å². The van der Waals surface area contributed by atoms with Crippen LogP contribution in [0.5, 0.6) is 0 Å². The molecule has 1 aromatic carbocycles. The van der Waals surface area contributed by atoms with Crippen LogP contribution in [0.15, 0.2) is 42.6 Å². The Morgan fingerprint density at radius 3 is 2.83 bits per heavy atom. The molecule has 1 amide bonds. The topological polar surface area (TPSA) is 51.2 Å². The lowest BCUT2D eigenvalue weighted by Gasteiger charge is -2.05. The number of hydrogen-bond acceptors (Lipinski definition) is 3. The van der Waals surface area contributed by atoms with E-state index in [2.05, 4.69) is 22.1 Å². The van der Waals surface area contributed by atoms with Crippen molar-refractivity contribution in [3.63, 3.8) is 0 Å². The SMILES string of the molecule is O=C(NCCC#Cc1cc(Cl)cnc1Cl)OCc1ccccc1. The Kier molecular flexibility index (Phi) is 6.74. The van der Waals surface area contributed by atoms with E-state index in [4.69, 9.17) is 27.9 Å². The van der Waals surface area contributed by atoms with Gasteiger partial charge < -0.3 is 10.1 Å². The number of carbonyl (C=O) groups is 1. The van der Waals surface area contributed by atoms with Gasteiger partial charge in [-0.3, -0.25) is 0 Å². The lowest BCUT2D eigenvalue weighted by molar-refractivity contribution is 0.140. The zero-order valence-corrected chi connectivity index (χ0v) is 13.7. The van der Waals surface area contributed by atoms with Crippen LogP contribution in [-0.2, 0) is 11.3 Å². The van der Waals surface area contributed by atoms with E-state index < -0.39 is 6.09 Å². The zero-order chi connectivity index (χ0) is 16.5. The summed E-state index contributed by atoms with van der Waals surface area (Å²) >= 11 is 11.7. The maximum Gasteiger partial charge on any atom is 0.407 e. The number of pyridine rings is 1. The summed E-state index contributed by atoms with van der Waals surface area (Å²) in [5.74, 6) is 5.76. The van der Waals surface area contributed by atoms with Gasteiger partial charge in [-0.05, 0) is 11.6 Å². The van der Waals surface area contributed by atoms with Crippen LogP contribution in [0.2, 0.25) is 10.2 Å². The first-order valence-electron chi connectivity index (χ1n) is 6.89. The number of aromatic nitrogens is 1. The number of halogens is 2. The van der Waals surface area contributed by atoms with Crippen LogP contribution in [0.4, 0.5) is 4.79 Å². The standard InChI is InChI=1S/C17H14Cl2N2O2/c18-15-10-14(16(19)21-11-15)8-4-5-9-20-17(22)23-12-13-6-2-1-3-7-13/h1-3,6-7,10-11H,5,9,12H2,(H,20,22). The number of nitrogens with zero attached hydrogens (tertiary/aromatic N) is 1. The molecule has 0 aliphatic rings. The molecule has 4 nitrogen and oxygen atoms in total. The highest BCUT2D eigenvalue weighted by Crippen LogP contribution is 2.16. The summed E-state index contributed by atoms with van der Waals surface area (Å²) in [4.78, 5) is 15.4. The number of rotatable bonds is 4. The summed E-state index contributed by atoms with van der Waals surface area (Å²) in [5.41, 5.74) is 1.50. The highest BCUT2D eigenvalue weighted by molar-refractivity contribution is 6.32. The maximum absolute atomic E-state index is 11.5. The molecule has 0 saturated carbocycles. The Labute approximate surface area is 144 Å². The third-order valence-corrected chi connectivity index (χ3v) is 3.27. The molecular formula is C17H14Cl2N2O2. The summed E-state index contributed by atoms with van der Waals surface area (Å²) in [7, 11) is 0. The third-order valence-electron chi connectivity index (χ3n) is 2.76. The molecular weight excluding hydrogens is 335 g/mol. The molecule has 2 aromatic rings. The maximum atomic E-state index is 11.5. The second-order valence-corrected chi connectivity index (χ2v) is 5.33. The number of ether oxygens (including phenoxy) is 1. The normalized spacial score (nSPS) is 9.65. The van der Waals surface area contributed by atoms with Crippen LogP contribution in [0.1, 0.15) is 17.5 Å². The molecule has 0 atom stereocenters. The molecule has 0 radical (unpaired) electrons. The number of alkyl carbamates (subject to hydrolysis) is 1. The molecule has 0 aliphatic carbocycles. The Hall–Kier alpha value is -2.22. The number of hydrogen-bond donors (Lipinski definition) is 1. The van der Waals surface area contributed by atoms with Crippen LogP contribution in [0, 0.1) is 11.8 Å². The molecule has 118 valence electrons. The molecule has 0 aliphatic heterocycles. The van der Waals surface area contributed by atoms with E-state index in [1.807, 2.05) is 30.3 Å². The fourth-order valence-electron chi connectivity index (χ4n) is 1.67. The molecule has 2 rings (SSSR count). The molecule has 1 N–H and O–H groups in total. The van der Waals surface area contributed by atoms with E-state index in [0.29, 0.717) is 28.7 Å². The first kappa shape index (κ1) is 17.1.